The fraction of sp³-hybridized carbons (Fsp3) is 0.667. The van der Waals surface area contributed by atoms with Crippen LogP contribution in [0.4, 0.5) is 5.69 Å². The number of hydrogen-bond donors (Lipinski definition) is 3. The second-order valence-corrected chi connectivity index (χ2v) is 10.6. The van der Waals surface area contributed by atoms with Crippen LogP contribution in [0.3, 0.4) is 0 Å². The number of unbranched alkanes of at least 4 members (excludes halogenated alkanes) is 2. The predicted molar refractivity (Wildman–Crippen MR) is 130 cm³/mol. The topological polar surface area (TPSA) is 108 Å². The first-order valence-corrected chi connectivity index (χ1v) is 13.3. The third-order valence-corrected chi connectivity index (χ3v) is 8.40. The maximum absolute atomic E-state index is 13.8. The number of anilines is 1. The number of aliphatic hydroxyl groups is 1. The Hall–Kier alpha value is -2.45. The van der Waals surface area contributed by atoms with E-state index in [2.05, 4.69) is 10.6 Å². The molecule has 1 spiro atoms. The van der Waals surface area contributed by atoms with Gasteiger partial charge >= 0.3 is 0 Å². The molecule has 3 N–H and O–H groups in total. The zero-order valence-corrected chi connectivity index (χ0v) is 20.3. The SMILES string of the molecule is O=C(NC1CCCCC1)C1N(CCCCCO)C(=O)[C@@H]2[C@H](C(=O)Nc3ccccc3)[C@@H]3CCC12O3. The van der Waals surface area contributed by atoms with Crippen molar-refractivity contribution < 1.29 is 24.2 Å². The van der Waals surface area contributed by atoms with Crippen molar-refractivity contribution in [3.05, 3.63) is 30.3 Å². The van der Waals surface area contributed by atoms with Crippen LogP contribution in [0.5, 0.6) is 0 Å². The van der Waals surface area contributed by atoms with Crippen molar-refractivity contribution in [1.82, 2.24) is 10.2 Å². The van der Waals surface area contributed by atoms with Crippen molar-refractivity contribution in [2.45, 2.75) is 88.0 Å². The summed E-state index contributed by atoms with van der Waals surface area (Å²) >= 11 is 0. The van der Waals surface area contributed by atoms with Crippen LogP contribution in [0.1, 0.15) is 64.2 Å². The lowest BCUT2D eigenvalue weighted by atomic mass is 9.70. The van der Waals surface area contributed by atoms with Crippen molar-refractivity contribution in [3.8, 4) is 0 Å². The summed E-state index contributed by atoms with van der Waals surface area (Å²) in [5, 5.41) is 15.4. The zero-order chi connectivity index (χ0) is 24.4. The second-order valence-electron chi connectivity index (χ2n) is 10.6. The molecular formula is C27H37N3O5. The average molecular weight is 484 g/mol. The summed E-state index contributed by atoms with van der Waals surface area (Å²) in [5.74, 6) is -1.75. The van der Waals surface area contributed by atoms with Crippen LogP contribution in [0.25, 0.3) is 0 Å². The van der Waals surface area contributed by atoms with Crippen molar-refractivity contribution >= 4 is 23.4 Å². The number of nitrogens with one attached hydrogen (secondary N) is 2. The van der Waals surface area contributed by atoms with E-state index < -0.39 is 23.5 Å². The number of aliphatic hydroxyl groups excluding tert-OH is 1. The minimum absolute atomic E-state index is 0.110. The standard InChI is InChI=1S/C27H37N3O5/c31-17-9-3-8-16-30-23(25(33)29-19-12-6-2-7-13-19)27-15-14-20(35-27)21(22(27)26(30)34)24(32)28-18-10-4-1-5-11-18/h1,4-5,10-11,19-23,31H,2-3,6-9,12-17H2,(H,28,32)(H,29,33)/t20-,21+,22-,23?,27?/m0/s1. The van der Waals surface area contributed by atoms with Gasteiger partial charge in [-0.05, 0) is 57.1 Å². The molecule has 0 aromatic heterocycles. The molecule has 3 saturated heterocycles. The number of nitrogens with zero attached hydrogens (tertiary/aromatic N) is 1. The Morgan fingerprint density at radius 1 is 1.03 bits per heavy atom. The summed E-state index contributed by atoms with van der Waals surface area (Å²) in [5.41, 5.74) is -0.261. The molecule has 8 nitrogen and oxygen atoms in total. The highest BCUT2D eigenvalue weighted by molar-refractivity contribution is 6.02. The van der Waals surface area contributed by atoms with Gasteiger partial charge in [-0.2, -0.15) is 0 Å². The van der Waals surface area contributed by atoms with Crippen molar-refractivity contribution in [2.75, 3.05) is 18.5 Å². The molecule has 3 heterocycles. The molecule has 1 aliphatic carbocycles. The zero-order valence-electron chi connectivity index (χ0n) is 20.3. The molecule has 5 rings (SSSR count). The number of rotatable bonds is 9. The Morgan fingerprint density at radius 3 is 2.54 bits per heavy atom. The summed E-state index contributed by atoms with van der Waals surface area (Å²) in [6.07, 6.45) is 8.39. The number of ether oxygens (including phenoxy) is 1. The van der Waals surface area contributed by atoms with Gasteiger partial charge in [-0.3, -0.25) is 14.4 Å². The van der Waals surface area contributed by atoms with Crippen LogP contribution in [-0.4, -0.2) is 64.7 Å². The number of fused-ring (bicyclic) bond motifs is 1. The molecule has 4 fully saturated rings. The number of benzene rings is 1. The van der Waals surface area contributed by atoms with Crippen LogP contribution in [0.2, 0.25) is 0 Å². The summed E-state index contributed by atoms with van der Waals surface area (Å²) in [6.45, 7) is 0.541. The Bertz CT molecular complexity index is 934. The maximum Gasteiger partial charge on any atom is 0.246 e. The first-order chi connectivity index (χ1) is 17.0. The number of para-hydroxylation sites is 1. The van der Waals surface area contributed by atoms with Gasteiger partial charge in [-0.25, -0.2) is 0 Å². The van der Waals surface area contributed by atoms with Gasteiger partial charge in [0.2, 0.25) is 17.7 Å². The van der Waals surface area contributed by atoms with Gasteiger partial charge in [0.15, 0.2) is 0 Å². The van der Waals surface area contributed by atoms with Crippen LogP contribution in [-0.2, 0) is 19.1 Å². The van der Waals surface area contributed by atoms with Crippen LogP contribution >= 0.6 is 0 Å². The molecular weight excluding hydrogens is 446 g/mol. The first-order valence-electron chi connectivity index (χ1n) is 13.3. The van der Waals surface area contributed by atoms with Crippen LogP contribution < -0.4 is 10.6 Å². The van der Waals surface area contributed by atoms with E-state index in [0.29, 0.717) is 37.9 Å². The number of likely N-dealkylation sites (tertiary alicyclic amines) is 1. The van der Waals surface area contributed by atoms with Crippen molar-refractivity contribution in [1.29, 1.82) is 0 Å². The lowest BCUT2D eigenvalue weighted by Crippen LogP contribution is -2.57. The number of amides is 3. The summed E-state index contributed by atoms with van der Waals surface area (Å²) < 4.78 is 6.48. The molecule has 1 saturated carbocycles. The molecule has 3 aliphatic heterocycles. The number of carbonyl (C=O) groups excluding carboxylic acids is 3. The lowest BCUT2D eigenvalue weighted by Gasteiger charge is -2.35. The molecule has 190 valence electrons. The van der Waals surface area contributed by atoms with Gasteiger partial charge in [0.25, 0.3) is 0 Å². The fourth-order valence-corrected chi connectivity index (χ4v) is 6.84. The fourth-order valence-electron chi connectivity index (χ4n) is 6.84. The van der Waals surface area contributed by atoms with Gasteiger partial charge in [-0.1, -0.05) is 37.5 Å². The molecule has 5 atom stereocenters. The van der Waals surface area contributed by atoms with Crippen LogP contribution in [0.15, 0.2) is 30.3 Å². The second kappa shape index (κ2) is 10.3. The summed E-state index contributed by atoms with van der Waals surface area (Å²) in [4.78, 5) is 42.7. The van der Waals surface area contributed by atoms with E-state index in [1.165, 1.54) is 6.42 Å². The average Bonchev–Trinajstić information content (AvgIpc) is 3.50. The van der Waals surface area contributed by atoms with Gasteiger partial charge in [0.1, 0.15) is 11.6 Å². The normalized spacial score (nSPS) is 32.0. The van der Waals surface area contributed by atoms with Gasteiger partial charge in [0.05, 0.1) is 17.9 Å². The molecule has 8 heteroatoms. The van der Waals surface area contributed by atoms with Gasteiger partial charge in [-0.15, -0.1) is 0 Å². The monoisotopic (exact) mass is 483 g/mol. The van der Waals surface area contributed by atoms with E-state index in [4.69, 9.17) is 9.84 Å². The molecule has 1 aromatic carbocycles. The minimum atomic E-state index is -0.948. The summed E-state index contributed by atoms with van der Waals surface area (Å²) in [7, 11) is 0. The molecule has 0 radical (unpaired) electrons. The highest BCUT2D eigenvalue weighted by Gasteiger charge is 2.74. The Morgan fingerprint density at radius 2 is 1.80 bits per heavy atom. The lowest BCUT2D eigenvalue weighted by molar-refractivity contribution is -0.142. The third-order valence-electron chi connectivity index (χ3n) is 8.40. The third kappa shape index (κ3) is 4.47. The van der Waals surface area contributed by atoms with E-state index >= 15 is 0 Å². The predicted octanol–water partition coefficient (Wildman–Crippen LogP) is 2.61. The molecule has 1 aromatic rings. The Labute approximate surface area is 206 Å². The summed E-state index contributed by atoms with van der Waals surface area (Å²) in [6, 6.07) is 8.67. The highest BCUT2D eigenvalue weighted by Crippen LogP contribution is 2.58. The van der Waals surface area contributed by atoms with E-state index in [1.807, 2.05) is 30.3 Å². The molecule has 4 aliphatic rings. The Kier molecular flexibility index (Phi) is 7.12. The van der Waals surface area contributed by atoms with Crippen molar-refractivity contribution in [2.24, 2.45) is 11.8 Å². The van der Waals surface area contributed by atoms with E-state index in [-0.39, 0.29) is 36.5 Å². The first kappa shape index (κ1) is 24.3. The number of hydrogen-bond acceptors (Lipinski definition) is 5. The maximum atomic E-state index is 13.8. The highest BCUT2D eigenvalue weighted by atomic mass is 16.5. The largest absolute Gasteiger partial charge is 0.396 e. The Balaban J connectivity index is 1.40. The van der Waals surface area contributed by atoms with Gasteiger partial charge in [0, 0.05) is 24.9 Å². The number of carbonyl (C=O) groups is 3. The van der Waals surface area contributed by atoms with Gasteiger partial charge < -0.3 is 25.4 Å². The van der Waals surface area contributed by atoms with E-state index in [9.17, 15) is 14.4 Å². The molecule has 2 unspecified atom stereocenters. The quantitative estimate of drug-likeness (QED) is 0.468. The minimum Gasteiger partial charge on any atom is -0.396 e. The molecule has 3 amide bonds. The van der Waals surface area contributed by atoms with Crippen LogP contribution in [0, 0.1) is 11.8 Å². The smallest absolute Gasteiger partial charge is 0.246 e. The molecule has 35 heavy (non-hydrogen) atoms. The van der Waals surface area contributed by atoms with Crippen molar-refractivity contribution in [3.63, 3.8) is 0 Å². The molecule has 2 bridgehead atoms. The van der Waals surface area contributed by atoms with E-state index in [1.54, 1.807) is 4.90 Å². The van der Waals surface area contributed by atoms with E-state index in [0.717, 1.165) is 32.1 Å².